The molecule has 7 heteroatoms. The van der Waals surface area contributed by atoms with E-state index < -0.39 is 0 Å². The third-order valence-electron chi connectivity index (χ3n) is 4.18. The second-order valence-corrected chi connectivity index (χ2v) is 6.19. The quantitative estimate of drug-likeness (QED) is 0.518. The molecule has 0 bridgehead atoms. The molecular weight excluding hydrogens is 340 g/mol. The van der Waals surface area contributed by atoms with E-state index in [0.29, 0.717) is 24.5 Å². The average molecular weight is 360 g/mol. The molecule has 27 heavy (non-hydrogen) atoms. The highest BCUT2D eigenvalue weighted by atomic mass is 16.1. The minimum atomic E-state index is -0.0904. The highest BCUT2D eigenvalue weighted by molar-refractivity contribution is 5.95. The van der Waals surface area contributed by atoms with Gasteiger partial charge in [0.05, 0.1) is 5.56 Å². The van der Waals surface area contributed by atoms with Gasteiger partial charge in [0.2, 0.25) is 0 Å². The van der Waals surface area contributed by atoms with Crippen LogP contribution in [0.4, 0.5) is 5.82 Å². The second-order valence-electron chi connectivity index (χ2n) is 6.19. The Labute approximate surface area is 156 Å². The van der Waals surface area contributed by atoms with Crippen LogP contribution in [-0.4, -0.2) is 37.9 Å². The van der Waals surface area contributed by atoms with Crippen LogP contribution in [0.15, 0.2) is 67.3 Å². The van der Waals surface area contributed by atoms with E-state index in [1.807, 2.05) is 83.1 Å². The number of hydrogen-bond donors (Lipinski definition) is 2. The zero-order chi connectivity index (χ0) is 18.6. The highest BCUT2D eigenvalue weighted by Gasteiger charge is 2.08. The summed E-state index contributed by atoms with van der Waals surface area (Å²) in [6.07, 6.45) is 7.63. The molecule has 0 saturated heterocycles. The van der Waals surface area contributed by atoms with E-state index in [4.69, 9.17) is 0 Å². The molecule has 0 aromatic carbocycles. The van der Waals surface area contributed by atoms with Gasteiger partial charge in [-0.1, -0.05) is 6.07 Å². The second kappa shape index (κ2) is 7.33. The van der Waals surface area contributed by atoms with Gasteiger partial charge in [-0.3, -0.25) is 4.79 Å². The van der Waals surface area contributed by atoms with Crippen LogP contribution in [0.25, 0.3) is 11.3 Å². The van der Waals surface area contributed by atoms with Crippen LogP contribution in [0.3, 0.4) is 0 Å². The first-order valence-electron chi connectivity index (χ1n) is 8.77. The average Bonchev–Trinajstić information content (AvgIpc) is 3.34. The van der Waals surface area contributed by atoms with Gasteiger partial charge in [0.25, 0.3) is 5.91 Å². The lowest BCUT2D eigenvalue weighted by Gasteiger charge is -2.09. The molecule has 0 aliphatic heterocycles. The van der Waals surface area contributed by atoms with Crippen molar-refractivity contribution in [3.05, 3.63) is 78.6 Å². The number of fused-ring (bicyclic) bond motifs is 1. The van der Waals surface area contributed by atoms with Gasteiger partial charge in [-0.15, -0.1) is 0 Å². The number of nitrogens with one attached hydrogen (secondary N) is 2. The monoisotopic (exact) mass is 360 g/mol. The molecule has 2 N–H and O–H groups in total. The van der Waals surface area contributed by atoms with Crippen LogP contribution >= 0.6 is 0 Å². The molecule has 7 nitrogen and oxygen atoms in total. The number of aryl methyl sites for hydroxylation is 1. The number of hydrogen-bond acceptors (Lipinski definition) is 4. The van der Waals surface area contributed by atoms with Crippen molar-refractivity contribution in [1.82, 2.24) is 24.3 Å². The van der Waals surface area contributed by atoms with Crippen molar-refractivity contribution in [2.24, 2.45) is 0 Å². The predicted octanol–water partition coefficient (Wildman–Crippen LogP) is 2.67. The molecule has 4 aromatic rings. The third kappa shape index (κ3) is 3.82. The van der Waals surface area contributed by atoms with Crippen molar-refractivity contribution < 1.29 is 4.79 Å². The predicted molar refractivity (Wildman–Crippen MR) is 104 cm³/mol. The molecule has 0 aliphatic carbocycles. The first kappa shape index (κ1) is 16.8. The molecule has 136 valence electrons. The van der Waals surface area contributed by atoms with Gasteiger partial charge in [-0.2, -0.15) is 0 Å². The summed E-state index contributed by atoms with van der Waals surface area (Å²) in [6, 6.07) is 13.5. The molecule has 4 rings (SSSR count). The fourth-order valence-electron chi connectivity index (χ4n) is 2.91. The Hall–Kier alpha value is -3.61. The zero-order valence-electron chi connectivity index (χ0n) is 15.0. The first-order chi connectivity index (χ1) is 13.2. The molecule has 0 aliphatic rings. The number of aromatic nitrogens is 4. The highest BCUT2D eigenvalue weighted by Crippen LogP contribution is 2.11. The van der Waals surface area contributed by atoms with Crippen LogP contribution in [0.5, 0.6) is 0 Å². The van der Waals surface area contributed by atoms with Gasteiger partial charge in [0.1, 0.15) is 17.5 Å². The number of nitrogens with zero attached hydrogens (tertiary/aromatic N) is 4. The number of anilines is 1. The summed E-state index contributed by atoms with van der Waals surface area (Å²) in [6.45, 7) is 2.92. The van der Waals surface area contributed by atoms with Gasteiger partial charge in [0, 0.05) is 49.5 Å². The summed E-state index contributed by atoms with van der Waals surface area (Å²) in [5, 5.41) is 6.16. The van der Waals surface area contributed by atoms with Crippen molar-refractivity contribution in [2.75, 3.05) is 18.4 Å². The lowest BCUT2D eigenvalue weighted by Crippen LogP contribution is -2.28. The molecule has 0 spiro atoms. The normalized spacial score (nSPS) is 10.9. The Kier molecular flexibility index (Phi) is 4.57. The Bertz CT molecular complexity index is 1030. The largest absolute Gasteiger partial charge is 0.368 e. The third-order valence-corrected chi connectivity index (χ3v) is 4.18. The van der Waals surface area contributed by atoms with E-state index in [9.17, 15) is 4.79 Å². The van der Waals surface area contributed by atoms with Crippen molar-refractivity contribution in [2.45, 2.75) is 6.92 Å². The number of carbonyl (C=O) groups excluding carboxylic acids is 1. The number of pyridine rings is 1. The number of rotatable bonds is 6. The summed E-state index contributed by atoms with van der Waals surface area (Å²) >= 11 is 0. The van der Waals surface area contributed by atoms with Gasteiger partial charge >= 0.3 is 0 Å². The standard InChI is InChI=1S/C20H20N6O/c1-15-23-18(13-19(24-15)25-9-4-5-10-25)21-7-8-22-20(27)16-12-17-6-2-3-11-26(17)14-16/h2-6,9-14H,7-8H2,1H3,(H,22,27)(H,21,23,24). The van der Waals surface area contributed by atoms with Crippen LogP contribution in [0, 0.1) is 6.92 Å². The van der Waals surface area contributed by atoms with Crippen LogP contribution in [-0.2, 0) is 0 Å². The van der Waals surface area contributed by atoms with Crippen molar-refractivity contribution >= 4 is 17.2 Å². The number of carbonyl (C=O) groups is 1. The maximum Gasteiger partial charge on any atom is 0.252 e. The SMILES string of the molecule is Cc1nc(NCCNC(=O)c2cc3ccccn3c2)cc(-n2cccc2)n1. The lowest BCUT2D eigenvalue weighted by molar-refractivity contribution is 0.0955. The fraction of sp³-hybridized carbons (Fsp3) is 0.150. The molecule has 4 heterocycles. The Morgan fingerprint density at radius 1 is 1.04 bits per heavy atom. The van der Waals surface area contributed by atoms with Gasteiger partial charge in [-0.25, -0.2) is 9.97 Å². The molecule has 0 fully saturated rings. The fourth-order valence-corrected chi connectivity index (χ4v) is 2.91. The van der Waals surface area contributed by atoms with Crippen molar-refractivity contribution in [3.63, 3.8) is 0 Å². The topological polar surface area (TPSA) is 76.2 Å². The Balaban J connectivity index is 1.34. The smallest absolute Gasteiger partial charge is 0.252 e. The van der Waals surface area contributed by atoms with E-state index in [0.717, 1.165) is 17.2 Å². The maximum atomic E-state index is 12.3. The van der Waals surface area contributed by atoms with E-state index >= 15 is 0 Å². The van der Waals surface area contributed by atoms with E-state index in [1.54, 1.807) is 0 Å². The molecule has 0 atom stereocenters. The molecule has 0 radical (unpaired) electrons. The molecule has 1 amide bonds. The van der Waals surface area contributed by atoms with E-state index in [2.05, 4.69) is 20.6 Å². The summed E-state index contributed by atoms with van der Waals surface area (Å²) in [4.78, 5) is 21.1. The number of amides is 1. The Morgan fingerprint density at radius 3 is 2.67 bits per heavy atom. The molecule has 0 unspecified atom stereocenters. The summed E-state index contributed by atoms with van der Waals surface area (Å²) in [5.74, 6) is 2.13. The first-order valence-corrected chi connectivity index (χ1v) is 8.77. The van der Waals surface area contributed by atoms with Crippen LogP contribution in [0.1, 0.15) is 16.2 Å². The van der Waals surface area contributed by atoms with Crippen molar-refractivity contribution in [1.29, 1.82) is 0 Å². The lowest BCUT2D eigenvalue weighted by atomic mass is 10.3. The molecule has 4 aromatic heterocycles. The minimum absolute atomic E-state index is 0.0904. The van der Waals surface area contributed by atoms with Gasteiger partial charge in [0.15, 0.2) is 0 Å². The Morgan fingerprint density at radius 2 is 1.85 bits per heavy atom. The molecular formula is C20H20N6O. The summed E-state index contributed by atoms with van der Waals surface area (Å²) in [7, 11) is 0. The van der Waals surface area contributed by atoms with Gasteiger partial charge < -0.3 is 19.6 Å². The van der Waals surface area contributed by atoms with E-state index in [-0.39, 0.29) is 5.91 Å². The maximum absolute atomic E-state index is 12.3. The summed E-state index contributed by atoms with van der Waals surface area (Å²) in [5.41, 5.74) is 1.64. The van der Waals surface area contributed by atoms with E-state index in [1.165, 1.54) is 0 Å². The van der Waals surface area contributed by atoms with Crippen molar-refractivity contribution in [3.8, 4) is 5.82 Å². The zero-order valence-corrected chi connectivity index (χ0v) is 15.0. The van der Waals surface area contributed by atoms with Crippen LogP contribution in [0.2, 0.25) is 0 Å². The summed E-state index contributed by atoms with van der Waals surface area (Å²) < 4.78 is 3.86. The molecule has 0 saturated carbocycles. The van der Waals surface area contributed by atoms with Crippen LogP contribution < -0.4 is 10.6 Å². The van der Waals surface area contributed by atoms with Gasteiger partial charge in [-0.05, 0) is 37.3 Å². The minimum Gasteiger partial charge on any atom is -0.368 e.